The van der Waals surface area contributed by atoms with Crippen LogP contribution in [0.2, 0.25) is 0 Å². The van der Waals surface area contributed by atoms with Gasteiger partial charge in [-0.3, -0.25) is 15.1 Å². The third kappa shape index (κ3) is 2.82. The Hall–Kier alpha value is -2.43. The van der Waals surface area contributed by atoms with Crippen molar-refractivity contribution in [1.82, 2.24) is 4.98 Å². The van der Waals surface area contributed by atoms with Crippen molar-refractivity contribution < 1.29 is 4.92 Å². The lowest BCUT2D eigenvalue weighted by Gasteiger charge is -2.08. The van der Waals surface area contributed by atoms with Gasteiger partial charge in [0.05, 0.1) is 17.2 Å². The molecule has 2 aromatic rings. The molecule has 5 heteroatoms. The second-order valence-electron chi connectivity index (χ2n) is 3.93. The number of aryl methyl sites for hydroxylation is 1. The molecular weight excluding hydrogens is 230 g/mol. The molecule has 0 aliphatic heterocycles. The number of nitrogens with zero attached hydrogens (tertiary/aromatic N) is 2. The number of rotatable bonds is 4. The van der Waals surface area contributed by atoms with E-state index in [2.05, 4.69) is 10.3 Å². The SMILES string of the molecule is Cc1cc([N+](=O)[O-])ccc1NCc1ccccn1. The molecule has 1 aromatic heterocycles. The molecule has 0 bridgehead atoms. The number of nitro groups is 1. The maximum absolute atomic E-state index is 10.6. The molecule has 1 heterocycles. The van der Waals surface area contributed by atoms with Crippen LogP contribution in [0.5, 0.6) is 0 Å². The smallest absolute Gasteiger partial charge is 0.269 e. The highest BCUT2D eigenvalue weighted by Crippen LogP contribution is 2.21. The summed E-state index contributed by atoms with van der Waals surface area (Å²) in [5.41, 5.74) is 2.76. The van der Waals surface area contributed by atoms with Gasteiger partial charge in [-0.15, -0.1) is 0 Å². The quantitative estimate of drug-likeness (QED) is 0.662. The van der Waals surface area contributed by atoms with Gasteiger partial charge < -0.3 is 5.32 Å². The van der Waals surface area contributed by atoms with E-state index in [4.69, 9.17) is 0 Å². The Balaban J connectivity index is 2.08. The number of nitrogens with one attached hydrogen (secondary N) is 1. The highest BCUT2D eigenvalue weighted by Gasteiger charge is 2.07. The summed E-state index contributed by atoms with van der Waals surface area (Å²) >= 11 is 0. The standard InChI is InChI=1S/C13H13N3O2/c1-10-8-12(16(17)18)5-6-13(10)15-9-11-4-2-3-7-14-11/h2-8,15H,9H2,1H3. The first-order chi connectivity index (χ1) is 8.66. The second-order valence-corrected chi connectivity index (χ2v) is 3.93. The van der Waals surface area contributed by atoms with Crippen molar-refractivity contribution in [3.05, 3.63) is 64.0 Å². The van der Waals surface area contributed by atoms with Crippen molar-refractivity contribution in [1.29, 1.82) is 0 Å². The lowest BCUT2D eigenvalue weighted by Crippen LogP contribution is -2.02. The molecule has 0 saturated carbocycles. The number of benzene rings is 1. The molecular formula is C13H13N3O2. The van der Waals surface area contributed by atoms with Gasteiger partial charge in [0, 0.05) is 24.0 Å². The van der Waals surface area contributed by atoms with E-state index in [1.807, 2.05) is 25.1 Å². The average molecular weight is 243 g/mol. The van der Waals surface area contributed by atoms with Crippen LogP contribution in [0.15, 0.2) is 42.6 Å². The molecule has 0 aliphatic rings. The Morgan fingerprint density at radius 1 is 1.33 bits per heavy atom. The molecule has 5 nitrogen and oxygen atoms in total. The second kappa shape index (κ2) is 5.27. The van der Waals surface area contributed by atoms with E-state index >= 15 is 0 Å². The third-order valence-corrected chi connectivity index (χ3v) is 2.61. The average Bonchev–Trinajstić information content (AvgIpc) is 2.38. The minimum atomic E-state index is -0.393. The van der Waals surface area contributed by atoms with Crippen LogP contribution in [-0.4, -0.2) is 9.91 Å². The van der Waals surface area contributed by atoms with Gasteiger partial charge in [0.2, 0.25) is 0 Å². The van der Waals surface area contributed by atoms with Crippen LogP contribution in [0, 0.1) is 17.0 Å². The Morgan fingerprint density at radius 3 is 2.78 bits per heavy atom. The lowest BCUT2D eigenvalue weighted by atomic mass is 10.2. The molecule has 0 fully saturated rings. The zero-order valence-corrected chi connectivity index (χ0v) is 9.96. The molecule has 18 heavy (non-hydrogen) atoms. The van der Waals surface area contributed by atoms with E-state index in [0.29, 0.717) is 6.54 Å². The molecule has 2 rings (SSSR count). The number of hydrogen-bond donors (Lipinski definition) is 1. The Bertz CT molecular complexity index is 555. The molecule has 0 atom stereocenters. The van der Waals surface area contributed by atoms with E-state index < -0.39 is 4.92 Å². The van der Waals surface area contributed by atoms with Gasteiger partial charge in [-0.2, -0.15) is 0 Å². The van der Waals surface area contributed by atoms with Gasteiger partial charge in [-0.05, 0) is 30.7 Å². The highest BCUT2D eigenvalue weighted by atomic mass is 16.6. The van der Waals surface area contributed by atoms with Crippen molar-refractivity contribution in [2.24, 2.45) is 0 Å². The molecule has 0 unspecified atom stereocenters. The Kier molecular flexibility index (Phi) is 3.52. The summed E-state index contributed by atoms with van der Waals surface area (Å²) in [6.07, 6.45) is 1.74. The van der Waals surface area contributed by atoms with Gasteiger partial charge in [-0.25, -0.2) is 0 Å². The van der Waals surface area contributed by atoms with Crippen molar-refractivity contribution in [2.75, 3.05) is 5.32 Å². The van der Waals surface area contributed by atoms with E-state index in [-0.39, 0.29) is 5.69 Å². The van der Waals surface area contributed by atoms with Crippen LogP contribution >= 0.6 is 0 Å². The molecule has 1 aromatic carbocycles. The summed E-state index contributed by atoms with van der Waals surface area (Å²) in [6, 6.07) is 10.5. The maximum Gasteiger partial charge on any atom is 0.269 e. The van der Waals surface area contributed by atoms with Crippen LogP contribution < -0.4 is 5.32 Å². The first-order valence-electron chi connectivity index (χ1n) is 5.55. The highest BCUT2D eigenvalue weighted by molar-refractivity contribution is 5.55. The summed E-state index contributed by atoms with van der Waals surface area (Å²) in [7, 11) is 0. The van der Waals surface area contributed by atoms with Gasteiger partial charge in [-0.1, -0.05) is 6.07 Å². The Labute approximate surface area is 105 Å². The van der Waals surface area contributed by atoms with Crippen molar-refractivity contribution in [3.8, 4) is 0 Å². The third-order valence-electron chi connectivity index (χ3n) is 2.61. The first kappa shape index (κ1) is 12.0. The molecule has 0 aliphatic carbocycles. The van der Waals surface area contributed by atoms with Crippen molar-refractivity contribution in [3.63, 3.8) is 0 Å². The predicted octanol–water partition coefficient (Wildman–Crippen LogP) is 2.91. The zero-order chi connectivity index (χ0) is 13.0. The summed E-state index contributed by atoms with van der Waals surface area (Å²) in [6.45, 7) is 2.44. The lowest BCUT2D eigenvalue weighted by molar-refractivity contribution is -0.384. The molecule has 0 saturated heterocycles. The molecule has 1 N–H and O–H groups in total. The van der Waals surface area contributed by atoms with Crippen LogP contribution in [-0.2, 0) is 6.54 Å². The summed E-state index contributed by atoms with van der Waals surface area (Å²) in [5, 5.41) is 13.8. The number of non-ortho nitro benzene ring substituents is 1. The maximum atomic E-state index is 10.6. The van der Waals surface area contributed by atoms with Crippen LogP contribution in [0.1, 0.15) is 11.3 Å². The fourth-order valence-corrected chi connectivity index (χ4v) is 1.65. The van der Waals surface area contributed by atoms with Crippen LogP contribution in [0.25, 0.3) is 0 Å². The van der Waals surface area contributed by atoms with Crippen molar-refractivity contribution in [2.45, 2.75) is 13.5 Å². The topological polar surface area (TPSA) is 68.1 Å². The first-order valence-corrected chi connectivity index (χ1v) is 5.55. The monoisotopic (exact) mass is 243 g/mol. The minimum absolute atomic E-state index is 0.107. The predicted molar refractivity (Wildman–Crippen MR) is 69.4 cm³/mol. The number of anilines is 1. The number of nitro benzene ring substituents is 1. The normalized spacial score (nSPS) is 10.1. The summed E-state index contributed by atoms with van der Waals surface area (Å²) in [4.78, 5) is 14.4. The molecule has 92 valence electrons. The molecule has 0 spiro atoms. The summed E-state index contributed by atoms with van der Waals surface area (Å²) in [5.74, 6) is 0. The number of pyridine rings is 1. The minimum Gasteiger partial charge on any atom is -0.379 e. The van der Waals surface area contributed by atoms with E-state index in [1.165, 1.54) is 6.07 Å². The van der Waals surface area contributed by atoms with E-state index in [1.54, 1.807) is 18.3 Å². The molecule has 0 radical (unpaired) electrons. The zero-order valence-electron chi connectivity index (χ0n) is 9.96. The van der Waals surface area contributed by atoms with E-state index in [9.17, 15) is 10.1 Å². The Morgan fingerprint density at radius 2 is 2.17 bits per heavy atom. The largest absolute Gasteiger partial charge is 0.379 e. The molecule has 0 amide bonds. The van der Waals surface area contributed by atoms with E-state index in [0.717, 1.165) is 16.9 Å². The van der Waals surface area contributed by atoms with Gasteiger partial charge in [0.25, 0.3) is 5.69 Å². The summed E-state index contributed by atoms with van der Waals surface area (Å²) < 4.78 is 0. The van der Waals surface area contributed by atoms with Gasteiger partial charge in [0.1, 0.15) is 0 Å². The fourth-order valence-electron chi connectivity index (χ4n) is 1.65. The number of hydrogen-bond acceptors (Lipinski definition) is 4. The van der Waals surface area contributed by atoms with Gasteiger partial charge >= 0.3 is 0 Å². The fraction of sp³-hybridized carbons (Fsp3) is 0.154. The number of aromatic nitrogens is 1. The van der Waals surface area contributed by atoms with Crippen molar-refractivity contribution >= 4 is 11.4 Å². The van der Waals surface area contributed by atoms with Crippen LogP contribution in [0.4, 0.5) is 11.4 Å². The van der Waals surface area contributed by atoms with Crippen LogP contribution in [0.3, 0.4) is 0 Å². The van der Waals surface area contributed by atoms with Gasteiger partial charge in [0.15, 0.2) is 0 Å².